The molecule has 4 rings (SSSR count). The number of thiazole rings is 1. The predicted molar refractivity (Wildman–Crippen MR) is 118 cm³/mol. The van der Waals surface area contributed by atoms with Crippen molar-refractivity contribution in [3.63, 3.8) is 0 Å². The zero-order chi connectivity index (χ0) is 20.1. The number of hydrogen-bond acceptors (Lipinski definition) is 7. The smallest absolute Gasteiger partial charge is 0.277 e. The van der Waals surface area contributed by atoms with Crippen molar-refractivity contribution in [1.82, 2.24) is 15.2 Å². The molecule has 2 heterocycles. The second-order valence-corrected chi connectivity index (χ2v) is 8.71. The van der Waals surface area contributed by atoms with Gasteiger partial charge in [-0.05, 0) is 17.7 Å². The van der Waals surface area contributed by atoms with E-state index in [1.54, 1.807) is 0 Å². The Labute approximate surface area is 183 Å². The van der Waals surface area contributed by atoms with Crippen molar-refractivity contribution < 1.29 is 9.21 Å². The summed E-state index contributed by atoms with van der Waals surface area (Å²) >= 11 is 6.01. The molecule has 2 aromatic heterocycles. The number of aromatic nitrogens is 3. The largest absolute Gasteiger partial charge is 0.416 e. The minimum absolute atomic E-state index is 0.167. The summed E-state index contributed by atoms with van der Waals surface area (Å²) in [5.41, 5.74) is 2.92. The summed E-state index contributed by atoms with van der Waals surface area (Å²) in [5, 5.41) is 13.7. The fourth-order valence-corrected chi connectivity index (χ4v) is 4.09. The highest BCUT2D eigenvalue weighted by Gasteiger charge is 2.12. The number of thioether (sulfide) groups is 1. The highest BCUT2D eigenvalue weighted by molar-refractivity contribution is 9.10. The van der Waals surface area contributed by atoms with Crippen LogP contribution >= 0.6 is 39.0 Å². The van der Waals surface area contributed by atoms with E-state index in [0.29, 0.717) is 22.7 Å². The van der Waals surface area contributed by atoms with E-state index in [2.05, 4.69) is 36.4 Å². The zero-order valence-electron chi connectivity index (χ0n) is 15.0. The minimum atomic E-state index is -0.172. The molecule has 0 saturated heterocycles. The summed E-state index contributed by atoms with van der Waals surface area (Å²) in [6.07, 6.45) is 0.568. The number of hydrogen-bond donors (Lipinski definition) is 1. The van der Waals surface area contributed by atoms with Crippen LogP contribution in [0.5, 0.6) is 0 Å². The Hall–Kier alpha value is -2.49. The quantitative estimate of drug-likeness (QED) is 0.358. The van der Waals surface area contributed by atoms with Gasteiger partial charge in [0.1, 0.15) is 0 Å². The molecule has 0 spiro atoms. The highest BCUT2D eigenvalue weighted by atomic mass is 79.9. The minimum Gasteiger partial charge on any atom is -0.416 e. The summed E-state index contributed by atoms with van der Waals surface area (Å²) in [6, 6.07) is 17.8. The van der Waals surface area contributed by atoms with Crippen molar-refractivity contribution in [2.24, 2.45) is 0 Å². The van der Waals surface area contributed by atoms with Gasteiger partial charge in [-0.2, -0.15) is 0 Å². The third-order valence-corrected chi connectivity index (χ3v) is 5.97. The van der Waals surface area contributed by atoms with E-state index in [0.717, 1.165) is 21.3 Å². The summed E-state index contributed by atoms with van der Waals surface area (Å²) in [7, 11) is 0. The molecule has 0 bridgehead atoms. The SMILES string of the molecule is O=C(CSc1nnc(Cc2ccccc2)o1)Nc1nc(-c2ccc(Br)cc2)cs1. The number of benzene rings is 2. The molecule has 0 fully saturated rings. The Bertz CT molecular complexity index is 1100. The molecule has 6 nitrogen and oxygen atoms in total. The molecule has 2 aromatic carbocycles. The van der Waals surface area contributed by atoms with Gasteiger partial charge in [-0.25, -0.2) is 4.98 Å². The average Bonchev–Trinajstić information content (AvgIpc) is 3.37. The van der Waals surface area contributed by atoms with Crippen LogP contribution in [0.15, 0.2) is 74.1 Å². The van der Waals surface area contributed by atoms with Crippen LogP contribution in [0.4, 0.5) is 5.13 Å². The van der Waals surface area contributed by atoms with Gasteiger partial charge in [-0.3, -0.25) is 4.79 Å². The molecule has 0 aliphatic heterocycles. The van der Waals surface area contributed by atoms with Crippen LogP contribution in [0.1, 0.15) is 11.5 Å². The lowest BCUT2D eigenvalue weighted by Gasteiger charge is -2.00. The van der Waals surface area contributed by atoms with Gasteiger partial charge in [0, 0.05) is 15.4 Å². The fourth-order valence-electron chi connectivity index (χ4n) is 2.51. The Kier molecular flexibility index (Phi) is 6.38. The van der Waals surface area contributed by atoms with Crippen LogP contribution < -0.4 is 5.32 Å². The zero-order valence-corrected chi connectivity index (χ0v) is 18.3. The predicted octanol–water partition coefficient (Wildman–Crippen LogP) is 5.28. The van der Waals surface area contributed by atoms with Crippen LogP contribution in [-0.4, -0.2) is 26.8 Å². The van der Waals surface area contributed by atoms with E-state index in [1.165, 1.54) is 23.1 Å². The molecule has 9 heteroatoms. The van der Waals surface area contributed by atoms with Crippen LogP contribution in [-0.2, 0) is 11.2 Å². The maximum atomic E-state index is 12.2. The molecule has 0 atom stereocenters. The maximum Gasteiger partial charge on any atom is 0.277 e. The molecule has 1 amide bonds. The van der Waals surface area contributed by atoms with E-state index >= 15 is 0 Å². The Morgan fingerprint density at radius 1 is 1.10 bits per heavy atom. The lowest BCUT2D eigenvalue weighted by Crippen LogP contribution is -2.13. The second-order valence-electron chi connectivity index (χ2n) is 6.01. The normalized spacial score (nSPS) is 10.8. The maximum absolute atomic E-state index is 12.2. The third kappa shape index (κ3) is 5.53. The Morgan fingerprint density at radius 3 is 2.69 bits per heavy atom. The van der Waals surface area contributed by atoms with Gasteiger partial charge in [0.2, 0.25) is 11.8 Å². The molecule has 4 aromatic rings. The second kappa shape index (κ2) is 9.34. The van der Waals surface area contributed by atoms with Gasteiger partial charge in [-0.1, -0.05) is 70.2 Å². The molecule has 0 radical (unpaired) electrons. The van der Waals surface area contributed by atoms with E-state index in [9.17, 15) is 4.79 Å². The van der Waals surface area contributed by atoms with Gasteiger partial charge < -0.3 is 9.73 Å². The number of nitrogens with one attached hydrogen (secondary N) is 1. The first-order chi connectivity index (χ1) is 14.2. The first-order valence-corrected chi connectivity index (χ1v) is 11.3. The fraction of sp³-hybridized carbons (Fsp3) is 0.100. The van der Waals surface area contributed by atoms with Crippen molar-refractivity contribution in [2.45, 2.75) is 11.6 Å². The molecule has 0 aliphatic carbocycles. The molecule has 0 unspecified atom stereocenters. The number of rotatable bonds is 7. The summed E-state index contributed by atoms with van der Waals surface area (Å²) < 4.78 is 6.61. The highest BCUT2D eigenvalue weighted by Crippen LogP contribution is 2.26. The van der Waals surface area contributed by atoms with Gasteiger partial charge in [-0.15, -0.1) is 21.5 Å². The van der Waals surface area contributed by atoms with Crippen molar-refractivity contribution in [3.05, 3.63) is 75.9 Å². The van der Waals surface area contributed by atoms with Gasteiger partial charge in [0.05, 0.1) is 17.9 Å². The van der Waals surface area contributed by atoms with Crippen molar-refractivity contribution in [2.75, 3.05) is 11.1 Å². The van der Waals surface area contributed by atoms with Crippen molar-refractivity contribution >= 4 is 50.1 Å². The first kappa shape index (κ1) is 19.8. The lowest BCUT2D eigenvalue weighted by molar-refractivity contribution is -0.113. The van der Waals surface area contributed by atoms with Crippen LogP contribution in [0, 0.1) is 0 Å². The first-order valence-electron chi connectivity index (χ1n) is 8.66. The standard InChI is InChI=1S/C20H15BrN4O2S2/c21-15-8-6-14(7-9-15)16-11-28-19(22-16)23-17(26)12-29-20-25-24-18(27-20)10-13-4-2-1-3-5-13/h1-9,11H,10,12H2,(H,22,23,26). The van der Waals surface area contributed by atoms with E-state index < -0.39 is 0 Å². The van der Waals surface area contributed by atoms with Gasteiger partial charge in [0.15, 0.2) is 5.13 Å². The third-order valence-electron chi connectivity index (χ3n) is 3.86. The number of carbonyl (C=O) groups excluding carboxylic acids is 1. The van der Waals surface area contributed by atoms with Gasteiger partial charge >= 0.3 is 0 Å². The number of carbonyl (C=O) groups is 1. The topological polar surface area (TPSA) is 80.9 Å². The molecule has 29 heavy (non-hydrogen) atoms. The average molecular weight is 487 g/mol. The van der Waals surface area contributed by atoms with Gasteiger partial charge in [0.25, 0.3) is 5.22 Å². The Morgan fingerprint density at radius 2 is 1.90 bits per heavy atom. The summed E-state index contributed by atoms with van der Waals surface area (Å²) in [6.45, 7) is 0. The molecular weight excluding hydrogens is 472 g/mol. The van der Waals surface area contributed by atoms with E-state index in [-0.39, 0.29) is 11.7 Å². The number of nitrogens with zero attached hydrogens (tertiary/aromatic N) is 3. The lowest BCUT2D eigenvalue weighted by atomic mass is 10.2. The number of amides is 1. The van der Waals surface area contributed by atoms with Crippen LogP contribution in [0.3, 0.4) is 0 Å². The van der Waals surface area contributed by atoms with E-state index in [4.69, 9.17) is 4.42 Å². The molecule has 0 aliphatic rings. The van der Waals surface area contributed by atoms with E-state index in [1.807, 2.05) is 60.0 Å². The van der Waals surface area contributed by atoms with Crippen LogP contribution in [0.25, 0.3) is 11.3 Å². The Balaban J connectivity index is 1.29. The van der Waals surface area contributed by atoms with Crippen molar-refractivity contribution in [3.8, 4) is 11.3 Å². The number of anilines is 1. The summed E-state index contributed by atoms with van der Waals surface area (Å²) in [5.74, 6) is 0.521. The monoisotopic (exact) mass is 486 g/mol. The molecule has 146 valence electrons. The van der Waals surface area contributed by atoms with Crippen molar-refractivity contribution in [1.29, 1.82) is 0 Å². The number of halogens is 1. The summed E-state index contributed by atoms with van der Waals surface area (Å²) in [4.78, 5) is 16.7. The van der Waals surface area contributed by atoms with Crippen LogP contribution in [0.2, 0.25) is 0 Å². The molecule has 0 saturated carbocycles. The molecule has 1 N–H and O–H groups in total. The molecular formula is C20H15BrN4O2S2.